The van der Waals surface area contributed by atoms with Crippen molar-refractivity contribution in [1.29, 1.82) is 0 Å². The van der Waals surface area contributed by atoms with Crippen LogP contribution in [-0.4, -0.2) is 4.98 Å². The molecule has 0 saturated heterocycles. The monoisotopic (exact) mass is 201 g/mol. The molecular formula is C12H8FNO. The first-order chi connectivity index (χ1) is 7.33. The lowest BCUT2D eigenvalue weighted by Crippen LogP contribution is -1.72. The molecule has 0 aliphatic heterocycles. The quantitative estimate of drug-likeness (QED) is 0.640. The zero-order valence-electron chi connectivity index (χ0n) is 7.83. The van der Waals surface area contributed by atoms with Crippen LogP contribution in [0.2, 0.25) is 0 Å². The van der Waals surface area contributed by atoms with Crippen LogP contribution in [0, 0.1) is 5.82 Å². The maximum atomic E-state index is 13.0. The van der Waals surface area contributed by atoms with Gasteiger partial charge in [0.2, 0.25) is 0 Å². The molecule has 0 spiro atoms. The lowest BCUT2D eigenvalue weighted by molar-refractivity contribution is 0.580. The Morgan fingerprint density at radius 1 is 1.13 bits per heavy atom. The van der Waals surface area contributed by atoms with Gasteiger partial charge in [-0.3, -0.25) is 0 Å². The average Bonchev–Trinajstić information content (AvgIpc) is 2.84. The summed E-state index contributed by atoms with van der Waals surface area (Å²) in [5.74, 6) is 0.527. The predicted octanol–water partition coefficient (Wildman–Crippen LogP) is 3.57. The van der Waals surface area contributed by atoms with E-state index in [1.807, 2.05) is 18.2 Å². The minimum atomic E-state index is -0.229. The number of fused-ring (bicyclic) bond motifs is 1. The molecule has 2 heterocycles. The fourth-order valence-corrected chi connectivity index (χ4v) is 1.67. The highest BCUT2D eigenvalue weighted by molar-refractivity contribution is 5.84. The van der Waals surface area contributed by atoms with Gasteiger partial charge in [0, 0.05) is 10.9 Å². The summed E-state index contributed by atoms with van der Waals surface area (Å²) < 4.78 is 18.2. The van der Waals surface area contributed by atoms with E-state index in [0.29, 0.717) is 0 Å². The molecule has 3 rings (SSSR count). The van der Waals surface area contributed by atoms with Gasteiger partial charge in [0.1, 0.15) is 11.6 Å². The van der Waals surface area contributed by atoms with Crippen LogP contribution >= 0.6 is 0 Å². The van der Waals surface area contributed by atoms with Gasteiger partial charge in [-0.15, -0.1) is 0 Å². The molecule has 2 aromatic heterocycles. The topological polar surface area (TPSA) is 28.9 Å². The average molecular weight is 201 g/mol. The Bertz CT molecular complexity index is 595. The van der Waals surface area contributed by atoms with Crippen LogP contribution in [0.3, 0.4) is 0 Å². The minimum absolute atomic E-state index is 0.229. The van der Waals surface area contributed by atoms with Crippen LogP contribution in [0.25, 0.3) is 22.4 Å². The van der Waals surface area contributed by atoms with Crippen molar-refractivity contribution in [2.24, 2.45) is 0 Å². The van der Waals surface area contributed by atoms with E-state index < -0.39 is 0 Å². The minimum Gasteiger partial charge on any atom is -0.463 e. The zero-order valence-corrected chi connectivity index (χ0v) is 7.83. The number of hydrogen-bond acceptors (Lipinski definition) is 1. The third-order valence-electron chi connectivity index (χ3n) is 2.37. The SMILES string of the molecule is Fc1ccc2[nH]c(-c3ccco3)cc2c1. The van der Waals surface area contributed by atoms with E-state index >= 15 is 0 Å². The molecule has 1 N–H and O–H groups in total. The molecular weight excluding hydrogens is 193 g/mol. The smallest absolute Gasteiger partial charge is 0.150 e. The summed E-state index contributed by atoms with van der Waals surface area (Å²) in [7, 11) is 0. The number of furan rings is 1. The van der Waals surface area contributed by atoms with Crippen molar-refractivity contribution in [2.75, 3.05) is 0 Å². The van der Waals surface area contributed by atoms with Gasteiger partial charge in [0.05, 0.1) is 12.0 Å². The van der Waals surface area contributed by atoms with Gasteiger partial charge in [-0.1, -0.05) is 0 Å². The Labute approximate surface area is 85.3 Å². The summed E-state index contributed by atoms with van der Waals surface area (Å²) in [4.78, 5) is 3.16. The standard InChI is InChI=1S/C12H8FNO/c13-9-3-4-10-8(6-9)7-11(14-10)12-2-1-5-15-12/h1-7,14H. The number of aromatic amines is 1. The van der Waals surface area contributed by atoms with E-state index in [0.717, 1.165) is 22.4 Å². The van der Waals surface area contributed by atoms with Crippen molar-refractivity contribution in [3.63, 3.8) is 0 Å². The molecule has 1 aromatic carbocycles. The molecule has 0 bridgehead atoms. The first-order valence-electron chi connectivity index (χ1n) is 4.65. The Morgan fingerprint density at radius 2 is 2.07 bits per heavy atom. The van der Waals surface area contributed by atoms with Crippen molar-refractivity contribution < 1.29 is 8.81 Å². The number of nitrogens with one attached hydrogen (secondary N) is 1. The van der Waals surface area contributed by atoms with E-state index in [2.05, 4.69) is 4.98 Å². The maximum Gasteiger partial charge on any atom is 0.150 e. The molecule has 3 aromatic rings. The van der Waals surface area contributed by atoms with Crippen LogP contribution in [-0.2, 0) is 0 Å². The highest BCUT2D eigenvalue weighted by Gasteiger charge is 2.05. The van der Waals surface area contributed by atoms with Gasteiger partial charge in [-0.25, -0.2) is 4.39 Å². The first kappa shape index (κ1) is 8.29. The molecule has 0 amide bonds. The summed E-state index contributed by atoms with van der Waals surface area (Å²) in [6.07, 6.45) is 1.61. The number of aromatic nitrogens is 1. The van der Waals surface area contributed by atoms with Gasteiger partial charge in [-0.05, 0) is 36.4 Å². The van der Waals surface area contributed by atoms with Crippen molar-refractivity contribution in [2.45, 2.75) is 0 Å². The second-order valence-electron chi connectivity index (χ2n) is 3.39. The van der Waals surface area contributed by atoms with Gasteiger partial charge in [0.25, 0.3) is 0 Å². The highest BCUT2D eigenvalue weighted by atomic mass is 19.1. The molecule has 2 nitrogen and oxygen atoms in total. The van der Waals surface area contributed by atoms with Crippen molar-refractivity contribution in [3.05, 3.63) is 48.5 Å². The number of hydrogen-bond donors (Lipinski definition) is 1. The Balaban J connectivity index is 2.22. The number of H-pyrrole nitrogens is 1. The van der Waals surface area contributed by atoms with Gasteiger partial charge in [-0.2, -0.15) is 0 Å². The van der Waals surface area contributed by atoms with E-state index in [-0.39, 0.29) is 5.82 Å². The molecule has 0 unspecified atom stereocenters. The molecule has 0 atom stereocenters. The number of benzene rings is 1. The zero-order chi connectivity index (χ0) is 10.3. The predicted molar refractivity (Wildman–Crippen MR) is 56.0 cm³/mol. The third kappa shape index (κ3) is 1.32. The summed E-state index contributed by atoms with van der Waals surface area (Å²) in [5.41, 5.74) is 1.77. The molecule has 0 radical (unpaired) electrons. The van der Waals surface area contributed by atoms with E-state index in [1.165, 1.54) is 12.1 Å². The molecule has 3 heteroatoms. The second kappa shape index (κ2) is 2.98. The molecule has 15 heavy (non-hydrogen) atoms. The molecule has 0 aliphatic rings. The fraction of sp³-hybridized carbons (Fsp3) is 0. The van der Waals surface area contributed by atoms with Crippen molar-refractivity contribution >= 4 is 10.9 Å². The maximum absolute atomic E-state index is 13.0. The third-order valence-corrected chi connectivity index (χ3v) is 2.37. The molecule has 0 fully saturated rings. The Kier molecular flexibility index (Phi) is 1.65. The van der Waals surface area contributed by atoms with E-state index in [4.69, 9.17) is 4.42 Å². The number of halogens is 1. The second-order valence-corrected chi connectivity index (χ2v) is 3.39. The van der Waals surface area contributed by atoms with Crippen LogP contribution in [0.4, 0.5) is 4.39 Å². The van der Waals surface area contributed by atoms with Gasteiger partial charge >= 0.3 is 0 Å². The van der Waals surface area contributed by atoms with Crippen LogP contribution in [0.15, 0.2) is 47.1 Å². The molecule has 74 valence electrons. The lowest BCUT2D eigenvalue weighted by atomic mass is 10.2. The van der Waals surface area contributed by atoms with Crippen LogP contribution in [0.5, 0.6) is 0 Å². The largest absolute Gasteiger partial charge is 0.463 e. The number of rotatable bonds is 1. The Morgan fingerprint density at radius 3 is 2.87 bits per heavy atom. The van der Waals surface area contributed by atoms with Gasteiger partial charge < -0.3 is 9.40 Å². The van der Waals surface area contributed by atoms with Crippen molar-refractivity contribution in [1.82, 2.24) is 4.98 Å². The lowest BCUT2D eigenvalue weighted by Gasteiger charge is -1.88. The Hall–Kier alpha value is -2.03. The summed E-state index contributed by atoms with van der Waals surface area (Å²) >= 11 is 0. The normalized spacial score (nSPS) is 11.0. The molecule has 0 aliphatic carbocycles. The summed E-state index contributed by atoms with van der Waals surface area (Å²) in [5, 5.41) is 0.849. The van der Waals surface area contributed by atoms with Crippen LogP contribution in [0.1, 0.15) is 0 Å². The highest BCUT2D eigenvalue weighted by Crippen LogP contribution is 2.24. The van der Waals surface area contributed by atoms with Crippen molar-refractivity contribution in [3.8, 4) is 11.5 Å². The summed E-state index contributed by atoms with van der Waals surface area (Å²) in [6, 6.07) is 10.2. The van der Waals surface area contributed by atoms with Gasteiger partial charge in [0.15, 0.2) is 0 Å². The molecule has 0 saturated carbocycles. The summed E-state index contributed by atoms with van der Waals surface area (Å²) in [6.45, 7) is 0. The van der Waals surface area contributed by atoms with E-state index in [1.54, 1.807) is 12.3 Å². The van der Waals surface area contributed by atoms with E-state index in [9.17, 15) is 4.39 Å². The fourth-order valence-electron chi connectivity index (χ4n) is 1.67. The first-order valence-corrected chi connectivity index (χ1v) is 4.65. The van der Waals surface area contributed by atoms with Crippen LogP contribution < -0.4 is 0 Å².